The molecule has 0 radical (unpaired) electrons. The van der Waals surface area contributed by atoms with Crippen LogP contribution >= 0.6 is 0 Å². The van der Waals surface area contributed by atoms with Crippen LogP contribution in [0.3, 0.4) is 0 Å². The van der Waals surface area contributed by atoms with Gasteiger partial charge in [0, 0.05) is 12.7 Å². The molecule has 0 saturated carbocycles. The van der Waals surface area contributed by atoms with Crippen molar-refractivity contribution in [3.05, 3.63) is 30.1 Å². The van der Waals surface area contributed by atoms with Gasteiger partial charge in [0.05, 0.1) is 11.7 Å². The molecule has 0 aliphatic heterocycles. The molecular weight excluding hydrogens is 218 g/mol. The summed E-state index contributed by atoms with van der Waals surface area (Å²) < 4.78 is 5.16. The van der Waals surface area contributed by atoms with E-state index in [4.69, 9.17) is 10.5 Å². The number of pyridine rings is 1. The Morgan fingerprint density at radius 1 is 1.53 bits per heavy atom. The average Bonchev–Trinajstić information content (AvgIpc) is 2.24. The number of rotatable bonds is 3. The SMILES string of the molecule is CC(C)(C)OC(=O)N[C@H](CN)c1ccccn1. The molecule has 17 heavy (non-hydrogen) atoms. The quantitative estimate of drug-likeness (QED) is 0.837. The van der Waals surface area contributed by atoms with Crippen LogP contribution in [0.2, 0.25) is 0 Å². The zero-order valence-electron chi connectivity index (χ0n) is 10.4. The fraction of sp³-hybridized carbons (Fsp3) is 0.500. The third-order valence-corrected chi connectivity index (χ3v) is 1.97. The van der Waals surface area contributed by atoms with Gasteiger partial charge in [-0.15, -0.1) is 0 Å². The molecular formula is C12H19N3O2. The molecule has 1 amide bonds. The minimum Gasteiger partial charge on any atom is -0.444 e. The first kappa shape index (κ1) is 13.4. The Kier molecular flexibility index (Phi) is 4.45. The molecule has 5 heteroatoms. The molecule has 0 aliphatic rings. The van der Waals surface area contributed by atoms with Crippen molar-refractivity contribution in [2.24, 2.45) is 5.73 Å². The highest BCUT2D eigenvalue weighted by Crippen LogP contribution is 2.11. The summed E-state index contributed by atoms with van der Waals surface area (Å²) in [5, 5.41) is 2.69. The molecule has 0 fully saturated rings. The molecule has 0 aliphatic carbocycles. The van der Waals surface area contributed by atoms with Crippen molar-refractivity contribution >= 4 is 6.09 Å². The van der Waals surface area contributed by atoms with E-state index in [0.29, 0.717) is 0 Å². The van der Waals surface area contributed by atoms with Gasteiger partial charge in [-0.2, -0.15) is 0 Å². The van der Waals surface area contributed by atoms with Crippen LogP contribution in [-0.2, 0) is 4.74 Å². The molecule has 0 unspecified atom stereocenters. The highest BCUT2D eigenvalue weighted by atomic mass is 16.6. The van der Waals surface area contributed by atoms with E-state index in [1.165, 1.54) is 0 Å². The number of nitrogens with zero attached hydrogens (tertiary/aromatic N) is 1. The lowest BCUT2D eigenvalue weighted by Crippen LogP contribution is -2.38. The van der Waals surface area contributed by atoms with Crippen molar-refractivity contribution in [1.82, 2.24) is 10.3 Å². The number of ether oxygens (including phenoxy) is 1. The Morgan fingerprint density at radius 3 is 2.71 bits per heavy atom. The van der Waals surface area contributed by atoms with Gasteiger partial charge in [0.15, 0.2) is 0 Å². The van der Waals surface area contributed by atoms with Crippen molar-refractivity contribution in [3.63, 3.8) is 0 Å². The largest absolute Gasteiger partial charge is 0.444 e. The molecule has 1 rings (SSSR count). The molecule has 0 saturated heterocycles. The first-order valence-electron chi connectivity index (χ1n) is 5.53. The van der Waals surface area contributed by atoms with Gasteiger partial charge < -0.3 is 15.8 Å². The highest BCUT2D eigenvalue weighted by Gasteiger charge is 2.20. The van der Waals surface area contributed by atoms with Gasteiger partial charge in [-0.25, -0.2) is 4.79 Å². The summed E-state index contributed by atoms with van der Waals surface area (Å²) in [7, 11) is 0. The van der Waals surface area contributed by atoms with Crippen LogP contribution in [0.15, 0.2) is 24.4 Å². The number of alkyl carbamates (subject to hydrolysis) is 1. The summed E-state index contributed by atoms with van der Waals surface area (Å²) in [6.45, 7) is 5.71. The Labute approximate surface area is 101 Å². The molecule has 0 spiro atoms. The van der Waals surface area contributed by atoms with Gasteiger partial charge in [-0.3, -0.25) is 4.98 Å². The van der Waals surface area contributed by atoms with Gasteiger partial charge in [0.1, 0.15) is 5.60 Å². The van der Waals surface area contributed by atoms with Gasteiger partial charge >= 0.3 is 6.09 Å². The lowest BCUT2D eigenvalue weighted by atomic mass is 10.2. The second-order valence-corrected chi connectivity index (χ2v) is 4.69. The normalized spacial score (nSPS) is 12.9. The Morgan fingerprint density at radius 2 is 2.24 bits per heavy atom. The summed E-state index contributed by atoms with van der Waals surface area (Å²) in [5.41, 5.74) is 5.81. The monoisotopic (exact) mass is 237 g/mol. The molecule has 0 bridgehead atoms. The lowest BCUT2D eigenvalue weighted by molar-refractivity contribution is 0.0504. The van der Waals surface area contributed by atoms with Crippen LogP contribution in [0.4, 0.5) is 4.79 Å². The molecule has 5 nitrogen and oxygen atoms in total. The number of nitrogens with two attached hydrogens (primary N) is 1. The molecule has 94 valence electrons. The smallest absolute Gasteiger partial charge is 0.408 e. The summed E-state index contributed by atoms with van der Waals surface area (Å²) in [5.74, 6) is 0. The van der Waals surface area contributed by atoms with Crippen LogP contribution in [-0.4, -0.2) is 23.2 Å². The van der Waals surface area contributed by atoms with Crippen LogP contribution in [0.5, 0.6) is 0 Å². The third-order valence-electron chi connectivity index (χ3n) is 1.97. The molecule has 1 aromatic rings. The number of hydrogen-bond acceptors (Lipinski definition) is 4. The first-order valence-corrected chi connectivity index (χ1v) is 5.53. The van der Waals surface area contributed by atoms with E-state index in [1.54, 1.807) is 6.20 Å². The second-order valence-electron chi connectivity index (χ2n) is 4.69. The third kappa shape index (κ3) is 4.82. The first-order chi connectivity index (χ1) is 7.92. The predicted octanol–water partition coefficient (Wildman–Crippen LogP) is 1.61. The van der Waals surface area contributed by atoms with Gasteiger partial charge in [0.2, 0.25) is 0 Å². The standard InChI is InChI=1S/C12H19N3O2/c1-12(2,3)17-11(16)15-10(8-13)9-6-4-5-7-14-9/h4-7,10H,8,13H2,1-3H3,(H,15,16)/t10-/m1/s1. The van der Waals surface area contributed by atoms with E-state index in [1.807, 2.05) is 39.0 Å². The second kappa shape index (κ2) is 5.63. The summed E-state index contributed by atoms with van der Waals surface area (Å²) in [6.07, 6.45) is 1.17. The van der Waals surface area contributed by atoms with E-state index in [0.717, 1.165) is 5.69 Å². The summed E-state index contributed by atoms with van der Waals surface area (Å²) in [6, 6.07) is 5.15. The number of carbonyl (C=O) groups is 1. The minimum atomic E-state index is -0.520. The highest BCUT2D eigenvalue weighted by molar-refractivity contribution is 5.68. The number of hydrogen-bond donors (Lipinski definition) is 2. The predicted molar refractivity (Wildman–Crippen MR) is 65.4 cm³/mol. The van der Waals surface area contributed by atoms with Crippen molar-refractivity contribution < 1.29 is 9.53 Å². The molecule has 0 aromatic carbocycles. The van der Waals surface area contributed by atoms with Crippen molar-refractivity contribution in [2.45, 2.75) is 32.4 Å². The summed E-state index contributed by atoms with van der Waals surface area (Å²) in [4.78, 5) is 15.7. The molecule has 3 N–H and O–H groups in total. The van der Waals surface area contributed by atoms with Crippen LogP contribution < -0.4 is 11.1 Å². The number of aromatic nitrogens is 1. The maximum atomic E-state index is 11.6. The van der Waals surface area contributed by atoms with Crippen LogP contribution in [0, 0.1) is 0 Å². The Hall–Kier alpha value is -1.62. The zero-order valence-corrected chi connectivity index (χ0v) is 10.4. The molecule has 1 atom stereocenters. The zero-order chi connectivity index (χ0) is 12.9. The fourth-order valence-corrected chi connectivity index (χ4v) is 1.29. The number of amides is 1. The summed E-state index contributed by atoms with van der Waals surface area (Å²) >= 11 is 0. The maximum absolute atomic E-state index is 11.6. The van der Waals surface area contributed by atoms with Crippen molar-refractivity contribution in [1.29, 1.82) is 0 Å². The average molecular weight is 237 g/mol. The topological polar surface area (TPSA) is 77.2 Å². The van der Waals surface area contributed by atoms with E-state index in [-0.39, 0.29) is 12.6 Å². The Bertz CT molecular complexity index is 360. The van der Waals surface area contributed by atoms with Crippen molar-refractivity contribution in [3.8, 4) is 0 Å². The van der Waals surface area contributed by atoms with Gasteiger partial charge in [0.25, 0.3) is 0 Å². The maximum Gasteiger partial charge on any atom is 0.408 e. The van der Waals surface area contributed by atoms with Crippen molar-refractivity contribution in [2.75, 3.05) is 6.54 Å². The lowest BCUT2D eigenvalue weighted by Gasteiger charge is -2.22. The van der Waals surface area contributed by atoms with E-state index in [9.17, 15) is 4.79 Å². The van der Waals surface area contributed by atoms with E-state index in [2.05, 4.69) is 10.3 Å². The van der Waals surface area contributed by atoms with E-state index >= 15 is 0 Å². The molecule has 1 aromatic heterocycles. The number of nitrogens with one attached hydrogen (secondary N) is 1. The van der Waals surface area contributed by atoms with Gasteiger partial charge in [-0.05, 0) is 32.9 Å². The van der Waals surface area contributed by atoms with E-state index < -0.39 is 11.7 Å². The molecule has 1 heterocycles. The minimum absolute atomic E-state index is 0.274. The van der Waals surface area contributed by atoms with Gasteiger partial charge in [-0.1, -0.05) is 6.07 Å². The Balaban J connectivity index is 2.62. The van der Waals surface area contributed by atoms with Crippen LogP contribution in [0.25, 0.3) is 0 Å². The number of carbonyl (C=O) groups excluding carboxylic acids is 1. The van der Waals surface area contributed by atoms with Crippen LogP contribution in [0.1, 0.15) is 32.5 Å². The fourth-order valence-electron chi connectivity index (χ4n) is 1.29.